The number of hydrogen-bond acceptors (Lipinski definition) is 4. The lowest BCUT2D eigenvalue weighted by molar-refractivity contribution is 0.136. The van der Waals surface area contributed by atoms with Crippen LogP contribution >= 0.6 is 23.1 Å². The highest BCUT2D eigenvalue weighted by Crippen LogP contribution is 2.30. The second kappa shape index (κ2) is 5.86. The second-order valence-electron chi connectivity index (χ2n) is 4.48. The lowest BCUT2D eigenvalue weighted by Crippen LogP contribution is -2.43. The first-order chi connectivity index (χ1) is 8.61. The molecule has 1 atom stereocenters. The van der Waals surface area contributed by atoms with Crippen molar-refractivity contribution >= 4 is 34.2 Å². The van der Waals surface area contributed by atoms with Gasteiger partial charge in [0.15, 0.2) is 0 Å². The number of aromatic nitrogens is 1. The molecule has 1 aliphatic heterocycles. The van der Waals surface area contributed by atoms with Gasteiger partial charge in [-0.25, -0.2) is 4.79 Å². The molecule has 0 bridgehead atoms. The maximum atomic E-state index is 12.0. The van der Waals surface area contributed by atoms with Crippen molar-refractivity contribution in [3.63, 3.8) is 0 Å². The predicted molar refractivity (Wildman–Crippen MR) is 72.3 cm³/mol. The molecule has 0 aliphatic carbocycles. The molecule has 2 N–H and O–H groups in total. The van der Waals surface area contributed by atoms with E-state index in [4.69, 9.17) is 16.7 Å². The quantitative estimate of drug-likeness (QED) is 0.878. The molecule has 1 aliphatic rings. The number of amides is 2. The second-order valence-corrected chi connectivity index (χ2v) is 5.63. The van der Waals surface area contributed by atoms with E-state index >= 15 is 0 Å². The van der Waals surface area contributed by atoms with Crippen molar-refractivity contribution in [3.05, 3.63) is 10.7 Å². The average Bonchev–Trinajstić information content (AvgIpc) is 2.71. The zero-order valence-electron chi connectivity index (χ0n) is 10.1. The Bertz CT molecular complexity index is 438. The van der Waals surface area contributed by atoms with E-state index < -0.39 is 0 Å². The number of aliphatic hydroxyl groups excluding tert-OH is 1. The lowest BCUT2D eigenvalue weighted by atomic mass is 9.99. The minimum Gasteiger partial charge on any atom is -0.396 e. The van der Waals surface area contributed by atoms with Gasteiger partial charge in [-0.15, -0.1) is 0 Å². The van der Waals surface area contributed by atoms with Crippen LogP contribution in [0.3, 0.4) is 0 Å². The molecule has 1 aromatic heterocycles. The summed E-state index contributed by atoms with van der Waals surface area (Å²) in [6.45, 7) is 3.25. The van der Waals surface area contributed by atoms with Gasteiger partial charge in [-0.3, -0.25) is 5.32 Å². The Hall–Kier alpha value is -0.850. The predicted octanol–water partition coefficient (Wildman–Crippen LogP) is 2.34. The van der Waals surface area contributed by atoms with Crippen LogP contribution in [0.25, 0.3) is 0 Å². The van der Waals surface area contributed by atoms with Crippen LogP contribution in [0.1, 0.15) is 18.5 Å². The van der Waals surface area contributed by atoms with Crippen LogP contribution in [-0.4, -0.2) is 40.1 Å². The van der Waals surface area contributed by atoms with Crippen molar-refractivity contribution in [2.24, 2.45) is 5.92 Å². The first kappa shape index (κ1) is 13.6. The van der Waals surface area contributed by atoms with Crippen molar-refractivity contribution < 1.29 is 9.90 Å². The number of nitrogens with one attached hydrogen (secondary N) is 1. The summed E-state index contributed by atoms with van der Waals surface area (Å²) >= 11 is 7.21. The fourth-order valence-electron chi connectivity index (χ4n) is 2.01. The molecule has 2 heterocycles. The number of anilines is 1. The minimum absolute atomic E-state index is 0.129. The third-order valence-corrected chi connectivity index (χ3v) is 4.50. The summed E-state index contributed by atoms with van der Waals surface area (Å²) in [6, 6.07) is -0.168. The third kappa shape index (κ3) is 2.93. The van der Waals surface area contributed by atoms with E-state index in [2.05, 4.69) is 9.69 Å². The Labute approximate surface area is 115 Å². The molecule has 1 fully saturated rings. The molecule has 7 heteroatoms. The zero-order chi connectivity index (χ0) is 13.1. The smallest absolute Gasteiger partial charge is 0.322 e. The Balaban J connectivity index is 1.97. The third-order valence-electron chi connectivity index (χ3n) is 3.08. The number of likely N-dealkylation sites (tertiary alicyclic amines) is 1. The van der Waals surface area contributed by atoms with Gasteiger partial charge in [0.2, 0.25) is 0 Å². The highest BCUT2D eigenvalue weighted by Gasteiger charge is 2.24. The van der Waals surface area contributed by atoms with E-state index in [9.17, 15) is 4.79 Å². The minimum atomic E-state index is -0.168. The fourth-order valence-corrected chi connectivity index (χ4v) is 2.93. The molecule has 0 spiro atoms. The first-order valence-electron chi connectivity index (χ1n) is 5.90. The number of nitrogens with zero attached hydrogens (tertiary/aromatic N) is 2. The number of halogens is 1. The highest BCUT2D eigenvalue weighted by molar-refractivity contribution is 7.11. The lowest BCUT2D eigenvalue weighted by Gasteiger charge is -2.31. The standard InChI is InChI=1S/C11H16ClN3O2S/c1-7-9(12)10(18-14-7)13-11(17)15-4-2-3-8(5-15)6-16/h8,16H,2-6H2,1H3,(H,13,17)/t8-/m0/s1. The van der Waals surface area contributed by atoms with Crippen LogP contribution in [0, 0.1) is 12.8 Å². The summed E-state index contributed by atoms with van der Waals surface area (Å²) in [5.74, 6) is 0.183. The number of aliphatic hydroxyl groups is 1. The molecule has 2 rings (SSSR count). The van der Waals surface area contributed by atoms with Crippen LogP contribution in [0.4, 0.5) is 9.80 Å². The van der Waals surface area contributed by atoms with Crippen molar-refractivity contribution in [2.45, 2.75) is 19.8 Å². The van der Waals surface area contributed by atoms with Gasteiger partial charge in [0.25, 0.3) is 0 Å². The summed E-state index contributed by atoms with van der Waals surface area (Å²) in [5.41, 5.74) is 0.726. The number of rotatable bonds is 2. The molecule has 0 unspecified atom stereocenters. The Morgan fingerprint density at radius 2 is 2.50 bits per heavy atom. The molecule has 0 radical (unpaired) electrons. The topological polar surface area (TPSA) is 65.5 Å². The Morgan fingerprint density at radius 1 is 1.72 bits per heavy atom. The van der Waals surface area contributed by atoms with Crippen molar-refractivity contribution in [1.29, 1.82) is 0 Å². The number of carbonyl (C=O) groups is 1. The van der Waals surface area contributed by atoms with Gasteiger partial charge in [-0.05, 0) is 37.2 Å². The molecular formula is C11H16ClN3O2S. The molecule has 1 saturated heterocycles. The number of urea groups is 1. The van der Waals surface area contributed by atoms with Gasteiger partial charge in [0, 0.05) is 19.7 Å². The van der Waals surface area contributed by atoms with Gasteiger partial charge in [0.05, 0.1) is 10.7 Å². The van der Waals surface area contributed by atoms with E-state index in [0.717, 1.165) is 25.1 Å². The zero-order valence-corrected chi connectivity index (χ0v) is 11.7. The van der Waals surface area contributed by atoms with Gasteiger partial charge in [-0.1, -0.05) is 11.6 Å². The SMILES string of the molecule is Cc1nsc(NC(=O)N2CCC[C@H](CO)C2)c1Cl. The number of piperidine rings is 1. The molecule has 1 aromatic rings. The number of aryl methyl sites for hydroxylation is 1. The van der Waals surface area contributed by atoms with Crippen molar-refractivity contribution in [2.75, 3.05) is 25.0 Å². The average molecular weight is 290 g/mol. The summed E-state index contributed by atoms with van der Waals surface area (Å²) < 4.78 is 4.08. The highest BCUT2D eigenvalue weighted by atomic mass is 35.5. The van der Waals surface area contributed by atoms with Crippen molar-refractivity contribution in [3.8, 4) is 0 Å². The molecule has 0 aromatic carbocycles. The van der Waals surface area contributed by atoms with E-state index in [1.165, 1.54) is 11.5 Å². The van der Waals surface area contributed by atoms with E-state index in [-0.39, 0.29) is 18.6 Å². The summed E-state index contributed by atoms with van der Waals surface area (Å²) in [6.07, 6.45) is 1.90. The first-order valence-corrected chi connectivity index (χ1v) is 7.05. The summed E-state index contributed by atoms with van der Waals surface area (Å²) in [4.78, 5) is 13.8. The molecule has 100 valence electrons. The van der Waals surface area contributed by atoms with E-state index in [1.807, 2.05) is 0 Å². The normalized spacial score (nSPS) is 19.9. The van der Waals surface area contributed by atoms with Crippen molar-refractivity contribution in [1.82, 2.24) is 9.27 Å². The summed E-state index contributed by atoms with van der Waals surface area (Å²) in [7, 11) is 0. The molecule has 2 amide bonds. The number of hydrogen-bond donors (Lipinski definition) is 2. The molecule has 0 saturated carbocycles. The van der Waals surface area contributed by atoms with Crippen LogP contribution < -0.4 is 5.32 Å². The summed E-state index contributed by atoms with van der Waals surface area (Å²) in [5, 5.41) is 13.0. The molecular weight excluding hydrogens is 274 g/mol. The maximum absolute atomic E-state index is 12.0. The maximum Gasteiger partial charge on any atom is 0.322 e. The van der Waals surface area contributed by atoms with Gasteiger partial charge in [-0.2, -0.15) is 4.37 Å². The van der Waals surface area contributed by atoms with Crippen LogP contribution in [0.15, 0.2) is 0 Å². The van der Waals surface area contributed by atoms with Gasteiger partial charge >= 0.3 is 6.03 Å². The van der Waals surface area contributed by atoms with Gasteiger partial charge in [0.1, 0.15) is 5.00 Å². The van der Waals surface area contributed by atoms with Gasteiger partial charge < -0.3 is 10.0 Å². The molecule has 18 heavy (non-hydrogen) atoms. The van der Waals surface area contributed by atoms with E-state index in [0.29, 0.717) is 16.6 Å². The largest absolute Gasteiger partial charge is 0.396 e. The fraction of sp³-hybridized carbons (Fsp3) is 0.636. The van der Waals surface area contributed by atoms with E-state index in [1.54, 1.807) is 11.8 Å². The number of carbonyl (C=O) groups excluding carboxylic acids is 1. The van der Waals surface area contributed by atoms with Crippen LogP contribution in [0.5, 0.6) is 0 Å². The Kier molecular flexibility index (Phi) is 4.42. The Morgan fingerprint density at radius 3 is 3.11 bits per heavy atom. The monoisotopic (exact) mass is 289 g/mol. The molecule has 5 nitrogen and oxygen atoms in total. The van der Waals surface area contributed by atoms with Crippen LogP contribution in [-0.2, 0) is 0 Å². The van der Waals surface area contributed by atoms with Crippen LogP contribution in [0.2, 0.25) is 5.02 Å².